The van der Waals surface area contributed by atoms with E-state index >= 15 is 0 Å². The largest absolute Gasteiger partial charge is 0.378 e. The summed E-state index contributed by atoms with van der Waals surface area (Å²) in [6, 6.07) is 10.6. The number of carbonyl (C=O) groups is 1. The molecule has 1 aliphatic heterocycles. The molecule has 1 atom stereocenters. The summed E-state index contributed by atoms with van der Waals surface area (Å²) in [6.07, 6.45) is 0. The smallest absolute Gasteiger partial charge is 0.253 e. The molecule has 2 aromatic heterocycles. The third kappa shape index (κ3) is 3.01. The number of para-hydroxylation sites is 1. The maximum atomic E-state index is 13.1. The van der Waals surface area contributed by atoms with Crippen molar-refractivity contribution in [2.45, 2.75) is 26.8 Å². The molecule has 1 saturated heterocycles. The molecule has 0 radical (unpaired) electrons. The Morgan fingerprint density at radius 2 is 1.82 bits per heavy atom. The van der Waals surface area contributed by atoms with Crippen molar-refractivity contribution < 1.29 is 9.53 Å². The summed E-state index contributed by atoms with van der Waals surface area (Å²) in [5.41, 5.74) is 3.00. The molecule has 7 nitrogen and oxygen atoms in total. The fourth-order valence-corrected chi connectivity index (χ4v) is 3.91. The highest BCUT2D eigenvalue weighted by Gasteiger charge is 2.28. The number of morpholine rings is 1. The Hall–Kier alpha value is -2.93. The molecule has 146 valence electrons. The van der Waals surface area contributed by atoms with E-state index in [-0.39, 0.29) is 11.5 Å². The summed E-state index contributed by atoms with van der Waals surface area (Å²) in [5.74, 6) is -0.0750. The number of fused-ring (bicyclic) bond motifs is 1. The van der Waals surface area contributed by atoms with Crippen LogP contribution in [0.3, 0.4) is 0 Å². The van der Waals surface area contributed by atoms with Gasteiger partial charge in [-0.15, -0.1) is 0 Å². The van der Waals surface area contributed by atoms with Gasteiger partial charge in [-0.05, 0) is 38.5 Å². The zero-order valence-corrected chi connectivity index (χ0v) is 16.4. The summed E-state index contributed by atoms with van der Waals surface area (Å²) >= 11 is 0. The number of amides is 1. The van der Waals surface area contributed by atoms with Crippen molar-refractivity contribution in [3.8, 4) is 5.69 Å². The lowest BCUT2D eigenvalue weighted by molar-refractivity contribution is -0.138. The van der Waals surface area contributed by atoms with Crippen LogP contribution in [0.15, 0.2) is 41.2 Å². The van der Waals surface area contributed by atoms with Crippen molar-refractivity contribution in [2.75, 3.05) is 26.3 Å². The van der Waals surface area contributed by atoms with E-state index in [0.29, 0.717) is 32.0 Å². The highest BCUT2D eigenvalue weighted by atomic mass is 16.5. The Kier molecular flexibility index (Phi) is 4.77. The minimum atomic E-state index is -0.632. The lowest BCUT2D eigenvalue weighted by Crippen LogP contribution is -2.45. The number of nitrogens with zero attached hydrogens (tertiary/aromatic N) is 4. The van der Waals surface area contributed by atoms with Crippen molar-refractivity contribution >= 4 is 16.9 Å². The van der Waals surface area contributed by atoms with Gasteiger partial charge in [0.05, 0.1) is 24.6 Å². The summed E-state index contributed by atoms with van der Waals surface area (Å²) in [6.45, 7) is 7.76. The number of carbonyl (C=O) groups excluding carboxylic acids is 1. The second kappa shape index (κ2) is 7.24. The van der Waals surface area contributed by atoms with E-state index in [4.69, 9.17) is 4.74 Å². The van der Waals surface area contributed by atoms with Gasteiger partial charge < -0.3 is 9.64 Å². The van der Waals surface area contributed by atoms with Gasteiger partial charge in [-0.25, -0.2) is 4.68 Å². The molecule has 4 rings (SSSR count). The highest BCUT2D eigenvalue weighted by Crippen LogP contribution is 2.26. The van der Waals surface area contributed by atoms with Crippen LogP contribution in [0.4, 0.5) is 0 Å². The molecule has 0 spiro atoms. The normalized spacial score (nSPS) is 15.8. The quantitative estimate of drug-likeness (QED) is 0.699. The topological polar surface area (TPSA) is 69.4 Å². The van der Waals surface area contributed by atoms with Gasteiger partial charge in [0.15, 0.2) is 0 Å². The van der Waals surface area contributed by atoms with E-state index in [2.05, 4.69) is 5.10 Å². The Balaban J connectivity index is 1.92. The fourth-order valence-electron chi connectivity index (χ4n) is 3.91. The monoisotopic (exact) mass is 380 g/mol. The Morgan fingerprint density at radius 1 is 1.14 bits per heavy atom. The molecule has 1 amide bonds. The molecule has 28 heavy (non-hydrogen) atoms. The number of hydrogen-bond acceptors (Lipinski definition) is 4. The number of pyridine rings is 1. The van der Waals surface area contributed by atoms with Gasteiger partial charge in [0, 0.05) is 24.5 Å². The van der Waals surface area contributed by atoms with Gasteiger partial charge in [0.25, 0.3) is 5.56 Å². The maximum absolute atomic E-state index is 13.1. The molecule has 3 aromatic rings. The molecule has 0 bridgehead atoms. The highest BCUT2D eigenvalue weighted by molar-refractivity contribution is 5.87. The van der Waals surface area contributed by atoms with Gasteiger partial charge in [-0.1, -0.05) is 18.2 Å². The Morgan fingerprint density at radius 3 is 2.50 bits per heavy atom. The zero-order chi connectivity index (χ0) is 19.8. The van der Waals surface area contributed by atoms with E-state index in [9.17, 15) is 9.59 Å². The molecule has 1 aromatic carbocycles. The van der Waals surface area contributed by atoms with Crippen LogP contribution in [-0.4, -0.2) is 51.5 Å². The predicted octanol–water partition coefficient (Wildman–Crippen LogP) is 2.22. The fraction of sp³-hybridized carbons (Fsp3) is 0.381. The lowest BCUT2D eigenvalue weighted by Gasteiger charge is -2.30. The van der Waals surface area contributed by atoms with Gasteiger partial charge in [0.1, 0.15) is 11.7 Å². The Bertz CT molecular complexity index is 1080. The summed E-state index contributed by atoms with van der Waals surface area (Å²) < 4.78 is 8.69. The first-order chi connectivity index (χ1) is 13.5. The molecule has 0 aliphatic carbocycles. The Labute approximate surface area is 163 Å². The SMILES string of the molecule is Cc1cc(=O)n([C@@H](C)C(=O)N2CCOCC2)c2c1c(C)nn2-c1ccccc1. The van der Waals surface area contributed by atoms with Crippen LogP contribution < -0.4 is 5.56 Å². The molecule has 0 unspecified atom stereocenters. The van der Waals surface area contributed by atoms with Crippen LogP contribution in [0.5, 0.6) is 0 Å². The van der Waals surface area contributed by atoms with Crippen LogP contribution in [0, 0.1) is 13.8 Å². The number of benzene rings is 1. The lowest BCUT2D eigenvalue weighted by atomic mass is 10.1. The van der Waals surface area contributed by atoms with Crippen molar-refractivity contribution in [1.82, 2.24) is 19.2 Å². The average molecular weight is 380 g/mol. The van der Waals surface area contributed by atoms with E-state index < -0.39 is 6.04 Å². The molecule has 7 heteroatoms. The number of ether oxygens (including phenoxy) is 1. The first-order valence-electron chi connectivity index (χ1n) is 9.52. The summed E-state index contributed by atoms with van der Waals surface area (Å²) in [7, 11) is 0. The van der Waals surface area contributed by atoms with E-state index in [0.717, 1.165) is 22.3 Å². The van der Waals surface area contributed by atoms with Crippen LogP contribution in [0.2, 0.25) is 0 Å². The van der Waals surface area contributed by atoms with E-state index in [1.54, 1.807) is 27.1 Å². The molecule has 1 fully saturated rings. The minimum Gasteiger partial charge on any atom is -0.378 e. The average Bonchev–Trinajstić information content (AvgIpc) is 3.06. The molecule has 0 N–H and O–H groups in total. The van der Waals surface area contributed by atoms with Crippen molar-refractivity contribution in [1.29, 1.82) is 0 Å². The summed E-state index contributed by atoms with van der Waals surface area (Å²) in [4.78, 5) is 27.9. The first-order valence-corrected chi connectivity index (χ1v) is 9.52. The van der Waals surface area contributed by atoms with E-state index in [1.807, 2.05) is 44.2 Å². The summed E-state index contributed by atoms with van der Waals surface area (Å²) in [5, 5.41) is 5.60. The van der Waals surface area contributed by atoms with Gasteiger partial charge >= 0.3 is 0 Å². The number of aromatic nitrogens is 3. The molecule has 1 aliphatic rings. The van der Waals surface area contributed by atoms with Crippen LogP contribution in [0.1, 0.15) is 24.2 Å². The van der Waals surface area contributed by atoms with Crippen LogP contribution in [0.25, 0.3) is 16.7 Å². The van der Waals surface area contributed by atoms with Crippen molar-refractivity contribution in [2.24, 2.45) is 0 Å². The standard InChI is InChI=1S/C21H24N4O3/c1-14-13-18(26)24(16(3)21(27)23-9-11-28-12-10-23)20-19(14)15(2)22-25(20)17-7-5-4-6-8-17/h4-8,13,16H,9-12H2,1-3H3/t16-/m0/s1. The maximum Gasteiger partial charge on any atom is 0.253 e. The number of rotatable bonds is 3. The van der Waals surface area contributed by atoms with Crippen molar-refractivity contribution in [3.63, 3.8) is 0 Å². The van der Waals surface area contributed by atoms with Gasteiger partial charge in [0.2, 0.25) is 5.91 Å². The van der Waals surface area contributed by atoms with Gasteiger partial charge in [-0.3, -0.25) is 14.2 Å². The predicted molar refractivity (Wildman–Crippen MR) is 107 cm³/mol. The third-order valence-electron chi connectivity index (χ3n) is 5.30. The second-order valence-corrected chi connectivity index (χ2v) is 7.18. The molecule has 0 saturated carbocycles. The zero-order valence-electron chi connectivity index (χ0n) is 16.4. The van der Waals surface area contributed by atoms with Gasteiger partial charge in [-0.2, -0.15) is 5.10 Å². The number of hydrogen-bond donors (Lipinski definition) is 0. The number of aryl methyl sites for hydroxylation is 2. The van der Waals surface area contributed by atoms with E-state index in [1.165, 1.54) is 0 Å². The van der Waals surface area contributed by atoms with Crippen LogP contribution >= 0.6 is 0 Å². The minimum absolute atomic E-state index is 0.0750. The molecular formula is C21H24N4O3. The molecule has 3 heterocycles. The molecular weight excluding hydrogens is 356 g/mol. The van der Waals surface area contributed by atoms with Crippen LogP contribution in [-0.2, 0) is 9.53 Å². The third-order valence-corrected chi connectivity index (χ3v) is 5.30. The second-order valence-electron chi connectivity index (χ2n) is 7.18. The first kappa shape index (κ1) is 18.4. The van der Waals surface area contributed by atoms with Crippen molar-refractivity contribution in [3.05, 3.63) is 58.0 Å².